The average molecular weight is 433 g/mol. The summed E-state index contributed by atoms with van der Waals surface area (Å²) in [5, 5.41) is 15.8. The second kappa shape index (κ2) is 8.77. The molecule has 2 heterocycles. The number of hydrazone groups is 1. The Balaban J connectivity index is 1.71. The fourth-order valence-corrected chi connectivity index (χ4v) is 4.12. The largest absolute Gasteiger partial charge is 0.283 e. The quantitative estimate of drug-likeness (QED) is 0.461. The van der Waals surface area contributed by atoms with Crippen molar-refractivity contribution in [3.05, 3.63) is 39.9 Å². The maximum Gasteiger partial charge on any atom is 0.283 e. The van der Waals surface area contributed by atoms with Crippen molar-refractivity contribution >= 4 is 55.7 Å². The number of hydrogen-bond acceptors (Lipinski definition) is 4. The Morgan fingerprint density at radius 3 is 2.85 bits per heavy atom. The number of amides is 1. The van der Waals surface area contributed by atoms with Crippen molar-refractivity contribution < 1.29 is 4.79 Å². The van der Waals surface area contributed by atoms with E-state index in [-0.39, 0.29) is 17.3 Å². The topological polar surface area (TPSA) is 68.9 Å². The molecule has 0 saturated heterocycles. The lowest BCUT2D eigenvalue weighted by Gasteiger charge is -2.20. The summed E-state index contributed by atoms with van der Waals surface area (Å²) in [6.07, 6.45) is 8.56. The van der Waals surface area contributed by atoms with Gasteiger partial charge in [-0.15, -0.1) is 0 Å². The molecule has 5 nitrogen and oxygen atoms in total. The summed E-state index contributed by atoms with van der Waals surface area (Å²) in [6.45, 7) is 2.20. The highest BCUT2D eigenvalue weighted by molar-refractivity contribution is 9.10. The lowest BCUT2D eigenvalue weighted by atomic mass is 10.1. The molecule has 0 radical (unpaired) electrons. The SMILES string of the molecule is CCCCCCCC1=NN2C(=N)/C(=C/c3cccc(Br)c3)C(=O)N=C2S1. The normalized spacial score (nSPS) is 18.2. The van der Waals surface area contributed by atoms with E-state index >= 15 is 0 Å². The van der Waals surface area contributed by atoms with Crippen LogP contribution in [0.1, 0.15) is 51.0 Å². The Morgan fingerprint density at radius 2 is 2.08 bits per heavy atom. The molecule has 0 aromatic heterocycles. The first-order valence-electron chi connectivity index (χ1n) is 8.83. The summed E-state index contributed by atoms with van der Waals surface area (Å²) in [5.74, 6) is -0.290. The fourth-order valence-electron chi connectivity index (χ4n) is 2.78. The second-order valence-electron chi connectivity index (χ2n) is 6.23. The number of nitrogens with zero attached hydrogens (tertiary/aromatic N) is 3. The molecule has 0 atom stereocenters. The zero-order valence-electron chi connectivity index (χ0n) is 14.7. The van der Waals surface area contributed by atoms with Crippen LogP contribution in [0, 0.1) is 5.41 Å². The summed E-state index contributed by atoms with van der Waals surface area (Å²) in [5.41, 5.74) is 1.11. The van der Waals surface area contributed by atoms with Crippen LogP contribution >= 0.6 is 27.7 Å². The van der Waals surface area contributed by atoms with E-state index < -0.39 is 0 Å². The number of rotatable bonds is 7. The van der Waals surface area contributed by atoms with E-state index in [2.05, 4.69) is 32.9 Å². The van der Waals surface area contributed by atoms with Crippen molar-refractivity contribution in [2.45, 2.75) is 45.4 Å². The van der Waals surface area contributed by atoms with Crippen molar-refractivity contribution in [1.29, 1.82) is 5.41 Å². The lowest BCUT2D eigenvalue weighted by molar-refractivity contribution is -0.114. The molecule has 2 aliphatic heterocycles. The zero-order chi connectivity index (χ0) is 18.5. The molecule has 1 amide bonds. The van der Waals surface area contributed by atoms with Gasteiger partial charge in [0.1, 0.15) is 5.04 Å². The molecule has 7 heteroatoms. The predicted octanol–water partition coefficient (Wildman–Crippen LogP) is 5.43. The second-order valence-corrected chi connectivity index (χ2v) is 8.19. The van der Waals surface area contributed by atoms with E-state index in [1.807, 2.05) is 24.3 Å². The Hall–Kier alpha value is -1.73. The molecule has 0 saturated carbocycles. The van der Waals surface area contributed by atoms with Crippen LogP contribution in [0.5, 0.6) is 0 Å². The summed E-state index contributed by atoms with van der Waals surface area (Å²) >= 11 is 4.82. The minimum Gasteiger partial charge on any atom is -0.282 e. The standard InChI is InChI=1S/C19H21BrN4OS/c1-2-3-4-5-6-10-16-23-24-17(21)15(18(25)22-19(24)26-16)12-13-8-7-9-14(20)11-13/h7-9,11-12,21H,2-6,10H2,1H3/b15-12-,21-17?. The van der Waals surface area contributed by atoms with Crippen LogP contribution in [-0.2, 0) is 4.79 Å². The molecule has 1 aromatic carbocycles. The van der Waals surface area contributed by atoms with Gasteiger partial charge < -0.3 is 0 Å². The van der Waals surface area contributed by atoms with Gasteiger partial charge in [0.05, 0.1) is 5.57 Å². The number of carbonyl (C=O) groups is 1. The van der Waals surface area contributed by atoms with Gasteiger partial charge in [0, 0.05) is 4.47 Å². The number of benzene rings is 1. The zero-order valence-corrected chi connectivity index (χ0v) is 17.1. The van der Waals surface area contributed by atoms with Gasteiger partial charge in [0.2, 0.25) is 5.17 Å². The molecule has 0 unspecified atom stereocenters. The number of unbranched alkanes of at least 4 members (excludes halogenated alkanes) is 4. The van der Waals surface area contributed by atoms with Crippen LogP contribution in [0.3, 0.4) is 0 Å². The van der Waals surface area contributed by atoms with Gasteiger partial charge in [-0.2, -0.15) is 15.1 Å². The van der Waals surface area contributed by atoms with Gasteiger partial charge in [-0.25, -0.2) is 0 Å². The Bertz CT molecular complexity index is 816. The van der Waals surface area contributed by atoms with E-state index in [9.17, 15) is 4.79 Å². The molecule has 26 heavy (non-hydrogen) atoms. The molecule has 3 rings (SSSR count). The molecular formula is C19H21BrN4OS. The number of amidine groups is 2. The Labute approximate surface area is 166 Å². The first-order chi connectivity index (χ1) is 12.6. The number of aliphatic imine (C=N–C) groups is 1. The first-order valence-corrected chi connectivity index (χ1v) is 10.4. The molecule has 1 N–H and O–H groups in total. The Kier molecular flexibility index (Phi) is 6.43. The molecule has 0 fully saturated rings. The van der Waals surface area contributed by atoms with Crippen molar-refractivity contribution in [3.8, 4) is 0 Å². The van der Waals surface area contributed by atoms with Crippen molar-refractivity contribution in [1.82, 2.24) is 5.01 Å². The third-order valence-corrected chi connectivity index (χ3v) is 5.61. The summed E-state index contributed by atoms with van der Waals surface area (Å²) in [7, 11) is 0. The molecule has 2 aliphatic rings. The molecule has 0 bridgehead atoms. The number of hydrogen-bond donors (Lipinski definition) is 1. The highest BCUT2D eigenvalue weighted by Crippen LogP contribution is 2.30. The van der Waals surface area contributed by atoms with Crippen LogP contribution in [-0.4, -0.2) is 27.0 Å². The average Bonchev–Trinajstić information content (AvgIpc) is 3.01. The van der Waals surface area contributed by atoms with Crippen LogP contribution in [0.15, 0.2) is 44.4 Å². The van der Waals surface area contributed by atoms with Crippen LogP contribution in [0.4, 0.5) is 0 Å². The third kappa shape index (κ3) is 4.51. The third-order valence-electron chi connectivity index (χ3n) is 4.15. The minimum absolute atomic E-state index is 0.0912. The fraction of sp³-hybridized carbons (Fsp3) is 0.368. The summed E-state index contributed by atoms with van der Waals surface area (Å²) in [4.78, 5) is 16.5. The number of carbonyl (C=O) groups excluding carboxylic acids is 1. The number of fused-ring (bicyclic) bond motifs is 1. The maximum atomic E-state index is 12.4. The smallest absolute Gasteiger partial charge is 0.282 e. The highest BCUT2D eigenvalue weighted by atomic mass is 79.9. The van der Waals surface area contributed by atoms with Gasteiger partial charge >= 0.3 is 0 Å². The van der Waals surface area contributed by atoms with E-state index in [1.54, 1.807) is 6.08 Å². The number of nitrogens with one attached hydrogen (secondary N) is 1. The molecule has 0 spiro atoms. The van der Waals surface area contributed by atoms with E-state index in [1.165, 1.54) is 42.5 Å². The van der Waals surface area contributed by atoms with Crippen molar-refractivity contribution in [2.75, 3.05) is 0 Å². The van der Waals surface area contributed by atoms with Gasteiger partial charge in [-0.1, -0.05) is 60.7 Å². The van der Waals surface area contributed by atoms with Crippen LogP contribution < -0.4 is 0 Å². The van der Waals surface area contributed by atoms with Crippen LogP contribution in [0.25, 0.3) is 6.08 Å². The maximum absolute atomic E-state index is 12.4. The predicted molar refractivity (Wildman–Crippen MR) is 113 cm³/mol. The summed E-state index contributed by atoms with van der Waals surface area (Å²) in [6, 6.07) is 7.60. The number of thioether (sulfide) groups is 1. The van der Waals surface area contributed by atoms with E-state index in [0.717, 1.165) is 27.9 Å². The molecule has 136 valence electrons. The first kappa shape index (κ1) is 19.0. The van der Waals surface area contributed by atoms with Gasteiger partial charge in [0.25, 0.3) is 5.91 Å². The summed E-state index contributed by atoms with van der Waals surface area (Å²) < 4.78 is 0.922. The highest BCUT2D eigenvalue weighted by Gasteiger charge is 2.35. The molecule has 0 aliphatic carbocycles. The molecule has 1 aromatic rings. The van der Waals surface area contributed by atoms with Gasteiger partial charge in [-0.05, 0) is 48.4 Å². The lowest BCUT2D eigenvalue weighted by Crippen LogP contribution is -2.35. The minimum atomic E-state index is -0.381. The monoisotopic (exact) mass is 432 g/mol. The van der Waals surface area contributed by atoms with Crippen molar-refractivity contribution in [2.24, 2.45) is 10.1 Å². The Morgan fingerprint density at radius 1 is 1.27 bits per heavy atom. The van der Waals surface area contributed by atoms with Crippen molar-refractivity contribution in [3.63, 3.8) is 0 Å². The van der Waals surface area contributed by atoms with E-state index in [4.69, 9.17) is 5.41 Å². The van der Waals surface area contributed by atoms with Gasteiger partial charge in [0.15, 0.2) is 5.84 Å². The van der Waals surface area contributed by atoms with Crippen LogP contribution in [0.2, 0.25) is 0 Å². The molecular weight excluding hydrogens is 412 g/mol. The van der Waals surface area contributed by atoms with Gasteiger partial charge in [-0.3, -0.25) is 10.2 Å². The van der Waals surface area contributed by atoms with E-state index in [0.29, 0.717) is 5.17 Å². The number of halogens is 1.